The van der Waals surface area contributed by atoms with Crippen molar-refractivity contribution in [2.45, 2.75) is 13.0 Å². The topological polar surface area (TPSA) is 84.0 Å². The van der Waals surface area contributed by atoms with Gasteiger partial charge in [-0.25, -0.2) is 0 Å². The number of hydrogen-bond acceptors (Lipinski definition) is 4. The minimum absolute atomic E-state index is 0. The molecule has 1 aliphatic rings. The van der Waals surface area contributed by atoms with Crippen LogP contribution in [-0.4, -0.2) is 38.8 Å². The van der Waals surface area contributed by atoms with E-state index < -0.39 is 0 Å². The van der Waals surface area contributed by atoms with E-state index in [-0.39, 0.29) is 36.7 Å². The molecule has 2 aromatic rings. The van der Waals surface area contributed by atoms with Gasteiger partial charge in [-0.05, 0) is 42.3 Å². The first-order valence-corrected chi connectivity index (χ1v) is 9.82. The zero-order valence-electron chi connectivity index (χ0n) is 16.0. The highest BCUT2D eigenvalue weighted by Gasteiger charge is 2.13. The number of benzene rings is 2. The number of carbonyl (C=O) groups is 1. The number of amides is 1. The summed E-state index contributed by atoms with van der Waals surface area (Å²) in [6, 6.07) is 13.2. The van der Waals surface area contributed by atoms with Gasteiger partial charge >= 0.3 is 0 Å². The lowest BCUT2D eigenvalue weighted by atomic mass is 10.2. The highest BCUT2D eigenvalue weighted by atomic mass is 127. The van der Waals surface area contributed by atoms with E-state index in [2.05, 4.69) is 36.9 Å². The fourth-order valence-electron chi connectivity index (χ4n) is 2.69. The van der Waals surface area contributed by atoms with Gasteiger partial charge in [0.2, 0.25) is 6.79 Å². The van der Waals surface area contributed by atoms with Crippen molar-refractivity contribution in [3.63, 3.8) is 0 Å². The molecule has 1 aliphatic heterocycles. The molecule has 156 valence electrons. The standard InChI is InChI=1S/C20H23BrN4O3.HI/c1-22-20(25-12-14-6-7-17-18(10-14)28-13-27-17)24-9-3-8-23-19(26)15-4-2-5-16(21)11-15;/h2,4-7,10-11H,3,8-9,12-13H2,1H3,(H,23,26)(H2,22,24,25);1H. The van der Waals surface area contributed by atoms with Gasteiger partial charge in [-0.1, -0.05) is 28.1 Å². The van der Waals surface area contributed by atoms with Gasteiger partial charge in [0.15, 0.2) is 17.5 Å². The largest absolute Gasteiger partial charge is 0.454 e. The zero-order chi connectivity index (χ0) is 19.8. The van der Waals surface area contributed by atoms with E-state index >= 15 is 0 Å². The summed E-state index contributed by atoms with van der Waals surface area (Å²) in [5, 5.41) is 9.41. The zero-order valence-corrected chi connectivity index (χ0v) is 20.0. The minimum Gasteiger partial charge on any atom is -0.454 e. The summed E-state index contributed by atoms with van der Waals surface area (Å²) in [7, 11) is 1.73. The number of nitrogens with zero attached hydrogens (tertiary/aromatic N) is 1. The molecule has 3 rings (SSSR count). The highest BCUT2D eigenvalue weighted by Crippen LogP contribution is 2.32. The molecular weight excluding hydrogens is 551 g/mol. The Labute approximate surface area is 195 Å². The quantitative estimate of drug-likeness (QED) is 0.205. The van der Waals surface area contributed by atoms with Crippen molar-refractivity contribution in [2.75, 3.05) is 26.9 Å². The summed E-state index contributed by atoms with van der Waals surface area (Å²) in [6.45, 7) is 2.17. The van der Waals surface area contributed by atoms with Crippen molar-refractivity contribution in [1.82, 2.24) is 16.0 Å². The first kappa shape index (κ1) is 23.3. The smallest absolute Gasteiger partial charge is 0.251 e. The van der Waals surface area contributed by atoms with Crippen molar-refractivity contribution in [2.24, 2.45) is 4.99 Å². The Morgan fingerprint density at radius 2 is 1.86 bits per heavy atom. The second-order valence-electron chi connectivity index (χ2n) is 6.16. The highest BCUT2D eigenvalue weighted by molar-refractivity contribution is 14.0. The molecule has 0 atom stereocenters. The Kier molecular flexibility index (Phi) is 9.52. The van der Waals surface area contributed by atoms with E-state index in [0.29, 0.717) is 31.2 Å². The molecule has 0 unspecified atom stereocenters. The molecule has 0 radical (unpaired) electrons. The summed E-state index contributed by atoms with van der Waals surface area (Å²) in [5.74, 6) is 2.17. The van der Waals surface area contributed by atoms with Crippen LogP contribution in [-0.2, 0) is 6.54 Å². The van der Waals surface area contributed by atoms with Gasteiger partial charge in [0.1, 0.15) is 0 Å². The van der Waals surface area contributed by atoms with Crippen molar-refractivity contribution in [1.29, 1.82) is 0 Å². The number of halogens is 2. The number of rotatable bonds is 7. The van der Waals surface area contributed by atoms with E-state index in [1.54, 1.807) is 19.2 Å². The molecule has 9 heteroatoms. The molecule has 1 heterocycles. The average Bonchev–Trinajstić information content (AvgIpc) is 3.17. The van der Waals surface area contributed by atoms with Crippen LogP contribution in [0.1, 0.15) is 22.3 Å². The van der Waals surface area contributed by atoms with Crippen LogP contribution in [0.5, 0.6) is 11.5 Å². The van der Waals surface area contributed by atoms with Gasteiger partial charge in [-0.2, -0.15) is 0 Å². The first-order valence-electron chi connectivity index (χ1n) is 9.02. The third kappa shape index (κ3) is 7.07. The number of hydrogen-bond donors (Lipinski definition) is 3. The Bertz CT molecular complexity index is 863. The molecule has 3 N–H and O–H groups in total. The Morgan fingerprint density at radius 3 is 2.66 bits per heavy atom. The van der Waals surface area contributed by atoms with E-state index in [0.717, 1.165) is 28.0 Å². The predicted octanol–water partition coefficient (Wildman–Crippen LogP) is 3.28. The molecule has 0 aliphatic carbocycles. The van der Waals surface area contributed by atoms with Crippen molar-refractivity contribution in [3.05, 3.63) is 58.1 Å². The average molecular weight is 575 g/mol. The monoisotopic (exact) mass is 574 g/mol. The summed E-state index contributed by atoms with van der Waals surface area (Å²) in [4.78, 5) is 16.3. The van der Waals surface area contributed by atoms with Gasteiger partial charge in [-0.3, -0.25) is 9.79 Å². The molecule has 7 nitrogen and oxygen atoms in total. The number of guanidine groups is 1. The third-order valence-corrected chi connectivity index (χ3v) is 4.63. The Balaban J connectivity index is 0.00000300. The molecule has 2 aromatic carbocycles. The van der Waals surface area contributed by atoms with Crippen molar-refractivity contribution in [3.8, 4) is 11.5 Å². The number of carbonyl (C=O) groups excluding carboxylic acids is 1. The SMILES string of the molecule is CN=C(NCCCNC(=O)c1cccc(Br)c1)NCc1ccc2c(c1)OCO2.I. The Hall–Kier alpha value is -2.01. The van der Waals surface area contributed by atoms with Crippen LogP contribution in [0.25, 0.3) is 0 Å². The predicted molar refractivity (Wildman–Crippen MR) is 127 cm³/mol. The Morgan fingerprint density at radius 1 is 1.07 bits per heavy atom. The van der Waals surface area contributed by atoms with Gasteiger partial charge in [-0.15, -0.1) is 24.0 Å². The van der Waals surface area contributed by atoms with E-state index in [4.69, 9.17) is 9.47 Å². The number of aliphatic imine (C=N–C) groups is 1. The minimum atomic E-state index is -0.0772. The van der Waals surface area contributed by atoms with E-state index in [9.17, 15) is 4.79 Å². The van der Waals surface area contributed by atoms with Gasteiger partial charge in [0, 0.05) is 36.7 Å². The summed E-state index contributed by atoms with van der Waals surface area (Å²) in [5.41, 5.74) is 1.72. The fourth-order valence-corrected chi connectivity index (χ4v) is 3.09. The first-order chi connectivity index (χ1) is 13.7. The normalized spacial score (nSPS) is 12.1. The number of ether oxygens (including phenoxy) is 2. The van der Waals surface area contributed by atoms with Gasteiger partial charge in [0.25, 0.3) is 5.91 Å². The summed E-state index contributed by atoms with van der Waals surface area (Å²) in [6.07, 6.45) is 0.782. The number of nitrogens with one attached hydrogen (secondary N) is 3. The molecule has 1 amide bonds. The van der Waals surface area contributed by atoms with Crippen LogP contribution >= 0.6 is 39.9 Å². The molecule has 29 heavy (non-hydrogen) atoms. The van der Waals surface area contributed by atoms with Gasteiger partial charge < -0.3 is 25.4 Å². The maximum absolute atomic E-state index is 12.1. The summed E-state index contributed by atoms with van der Waals surface area (Å²) >= 11 is 3.37. The third-order valence-electron chi connectivity index (χ3n) is 4.14. The van der Waals surface area contributed by atoms with Crippen LogP contribution in [0.15, 0.2) is 51.9 Å². The molecule has 0 fully saturated rings. The van der Waals surface area contributed by atoms with Crippen LogP contribution in [0.3, 0.4) is 0 Å². The second kappa shape index (κ2) is 11.9. The molecular formula is C20H24BrIN4O3. The maximum atomic E-state index is 12.1. The molecule has 0 aromatic heterocycles. The van der Waals surface area contributed by atoms with Gasteiger partial charge in [0.05, 0.1) is 0 Å². The molecule has 0 saturated carbocycles. The lowest BCUT2D eigenvalue weighted by Crippen LogP contribution is -2.38. The summed E-state index contributed by atoms with van der Waals surface area (Å²) < 4.78 is 11.6. The van der Waals surface area contributed by atoms with Crippen LogP contribution in [0.2, 0.25) is 0 Å². The molecule has 0 bridgehead atoms. The van der Waals surface area contributed by atoms with Crippen LogP contribution < -0.4 is 25.4 Å². The van der Waals surface area contributed by atoms with Crippen LogP contribution in [0.4, 0.5) is 0 Å². The van der Waals surface area contributed by atoms with Crippen LogP contribution in [0, 0.1) is 0 Å². The van der Waals surface area contributed by atoms with Crippen molar-refractivity contribution >= 4 is 51.8 Å². The number of fused-ring (bicyclic) bond motifs is 1. The molecule has 0 saturated heterocycles. The van der Waals surface area contributed by atoms with Crippen molar-refractivity contribution < 1.29 is 14.3 Å². The second-order valence-corrected chi connectivity index (χ2v) is 7.08. The lowest BCUT2D eigenvalue weighted by Gasteiger charge is -2.12. The fraction of sp³-hybridized carbons (Fsp3) is 0.300. The molecule has 0 spiro atoms. The van der Waals surface area contributed by atoms with E-state index in [1.165, 1.54) is 0 Å². The maximum Gasteiger partial charge on any atom is 0.251 e. The van der Waals surface area contributed by atoms with E-state index in [1.807, 2.05) is 30.3 Å². The lowest BCUT2D eigenvalue weighted by molar-refractivity contribution is 0.0953.